The molecule has 1 N–H and O–H groups in total. The Morgan fingerprint density at radius 3 is 2.62 bits per heavy atom. The molecule has 0 atom stereocenters. The van der Waals surface area contributed by atoms with Gasteiger partial charge in [-0.25, -0.2) is 0 Å². The molecule has 66 valence electrons. The van der Waals surface area contributed by atoms with Gasteiger partial charge in [-0.05, 0) is 0 Å². The van der Waals surface area contributed by atoms with Gasteiger partial charge in [0, 0.05) is 17.2 Å². The van der Waals surface area contributed by atoms with Crippen molar-refractivity contribution in [3.8, 4) is 0 Å². The Bertz CT molecular complexity index is 382. The Hall–Kier alpha value is -1.61. The van der Waals surface area contributed by atoms with Gasteiger partial charge in [-0.1, -0.05) is 24.3 Å². The Labute approximate surface area is 76.0 Å². The highest BCUT2D eigenvalue weighted by molar-refractivity contribution is 6.16. The number of ketones is 1. The van der Waals surface area contributed by atoms with Gasteiger partial charge in [-0.15, -0.1) is 0 Å². The zero-order valence-electron chi connectivity index (χ0n) is 7.20. The van der Waals surface area contributed by atoms with Gasteiger partial charge in [-0.2, -0.15) is 0 Å². The molecule has 0 amide bonds. The van der Waals surface area contributed by atoms with Crippen molar-refractivity contribution < 1.29 is 9.63 Å². The third-order valence-electron chi connectivity index (χ3n) is 1.97. The lowest BCUT2D eigenvalue weighted by molar-refractivity contribution is 0.104. The van der Waals surface area contributed by atoms with Gasteiger partial charge < -0.3 is 0 Å². The van der Waals surface area contributed by atoms with E-state index in [1.165, 1.54) is 13.2 Å². The number of fused-ring (bicyclic) bond motifs is 1. The van der Waals surface area contributed by atoms with Gasteiger partial charge in [0.15, 0.2) is 5.78 Å². The van der Waals surface area contributed by atoms with Gasteiger partial charge in [0.1, 0.15) is 0 Å². The molecule has 0 spiro atoms. The van der Waals surface area contributed by atoms with E-state index in [9.17, 15) is 4.79 Å². The van der Waals surface area contributed by atoms with Crippen LogP contribution in [0.4, 0.5) is 0 Å². The van der Waals surface area contributed by atoms with Gasteiger partial charge in [0.05, 0.1) is 12.8 Å². The molecule has 1 aromatic rings. The highest BCUT2D eigenvalue weighted by Gasteiger charge is 2.19. The fraction of sp³-hybridized carbons (Fsp3) is 0.100. The molecule has 0 unspecified atom stereocenters. The summed E-state index contributed by atoms with van der Waals surface area (Å²) in [5.74, 6) is 0.0233. The molecule has 0 bridgehead atoms. The molecule has 0 aromatic heterocycles. The molecule has 3 nitrogen and oxygen atoms in total. The normalized spacial score (nSPS) is 13.9. The molecule has 0 radical (unpaired) electrons. The Morgan fingerprint density at radius 1 is 1.23 bits per heavy atom. The van der Waals surface area contributed by atoms with Crippen molar-refractivity contribution in [3.63, 3.8) is 0 Å². The van der Waals surface area contributed by atoms with Crippen LogP contribution in [-0.2, 0) is 4.84 Å². The van der Waals surface area contributed by atoms with Crippen molar-refractivity contribution in [2.75, 3.05) is 7.11 Å². The first-order valence-electron chi connectivity index (χ1n) is 3.97. The van der Waals surface area contributed by atoms with Gasteiger partial charge in [0.25, 0.3) is 0 Å². The maximum atomic E-state index is 11.4. The van der Waals surface area contributed by atoms with Crippen LogP contribution in [0.3, 0.4) is 0 Å². The summed E-state index contributed by atoms with van der Waals surface area (Å²) in [6, 6.07) is 7.43. The topological polar surface area (TPSA) is 38.3 Å². The van der Waals surface area contributed by atoms with Crippen LogP contribution in [0.2, 0.25) is 0 Å². The summed E-state index contributed by atoms with van der Waals surface area (Å²) < 4.78 is 0. The summed E-state index contributed by atoms with van der Waals surface area (Å²) in [7, 11) is 1.52. The van der Waals surface area contributed by atoms with Crippen LogP contribution in [0.25, 0.3) is 5.70 Å². The maximum Gasteiger partial charge on any atom is 0.188 e. The number of nitrogens with one attached hydrogen (secondary N) is 1. The second kappa shape index (κ2) is 3.03. The zero-order chi connectivity index (χ0) is 9.26. The average molecular weight is 175 g/mol. The monoisotopic (exact) mass is 175 g/mol. The number of rotatable bonds is 2. The fourth-order valence-electron chi connectivity index (χ4n) is 1.41. The molecule has 1 aliphatic carbocycles. The van der Waals surface area contributed by atoms with Crippen molar-refractivity contribution in [3.05, 3.63) is 41.5 Å². The van der Waals surface area contributed by atoms with E-state index < -0.39 is 0 Å². The second-order valence-corrected chi connectivity index (χ2v) is 2.77. The molecule has 1 aliphatic rings. The summed E-state index contributed by atoms with van der Waals surface area (Å²) >= 11 is 0. The minimum absolute atomic E-state index is 0.0233. The Balaban J connectivity index is 2.45. The lowest BCUT2D eigenvalue weighted by atomic mass is 10.1. The van der Waals surface area contributed by atoms with Gasteiger partial charge in [0.2, 0.25) is 0 Å². The molecule has 3 heteroatoms. The van der Waals surface area contributed by atoms with E-state index in [-0.39, 0.29) is 5.78 Å². The minimum Gasteiger partial charge on any atom is -0.289 e. The SMILES string of the molecule is CONC1=CC(=O)c2ccccc21. The molecule has 0 heterocycles. The molecule has 0 aliphatic heterocycles. The molecule has 0 saturated heterocycles. The summed E-state index contributed by atoms with van der Waals surface area (Å²) in [5.41, 5.74) is 5.02. The molecule has 0 saturated carbocycles. The first-order chi connectivity index (χ1) is 6.33. The largest absolute Gasteiger partial charge is 0.289 e. The third kappa shape index (κ3) is 1.23. The third-order valence-corrected chi connectivity index (χ3v) is 1.97. The summed E-state index contributed by atoms with van der Waals surface area (Å²) in [6.45, 7) is 0. The van der Waals surface area contributed by atoms with Crippen molar-refractivity contribution in [2.45, 2.75) is 0 Å². The van der Waals surface area contributed by atoms with Crippen molar-refractivity contribution >= 4 is 11.5 Å². The minimum atomic E-state index is 0.0233. The van der Waals surface area contributed by atoms with E-state index in [1.54, 1.807) is 6.07 Å². The number of allylic oxidation sites excluding steroid dienone is 1. The fourth-order valence-corrected chi connectivity index (χ4v) is 1.41. The number of carbonyl (C=O) groups excluding carboxylic acids is 1. The standard InChI is InChI=1S/C10H9NO2/c1-13-11-9-6-10(12)8-5-3-2-4-7(8)9/h2-6,11H,1H3. The van der Waals surface area contributed by atoms with Gasteiger partial charge in [-0.3, -0.25) is 15.1 Å². The predicted molar refractivity (Wildman–Crippen MR) is 48.9 cm³/mol. The van der Waals surface area contributed by atoms with E-state index in [2.05, 4.69) is 5.48 Å². The molecule has 0 fully saturated rings. The molecular formula is C10H9NO2. The van der Waals surface area contributed by atoms with Crippen molar-refractivity contribution in [1.29, 1.82) is 0 Å². The van der Waals surface area contributed by atoms with Gasteiger partial charge >= 0.3 is 0 Å². The lowest BCUT2D eigenvalue weighted by Crippen LogP contribution is -2.08. The van der Waals surface area contributed by atoms with Crippen LogP contribution in [0.1, 0.15) is 15.9 Å². The van der Waals surface area contributed by atoms with E-state index in [0.29, 0.717) is 0 Å². The maximum absolute atomic E-state index is 11.4. The van der Waals surface area contributed by atoms with E-state index in [0.717, 1.165) is 16.8 Å². The Kier molecular flexibility index (Phi) is 1.87. The second-order valence-electron chi connectivity index (χ2n) is 2.77. The van der Waals surface area contributed by atoms with Crippen LogP contribution in [0.5, 0.6) is 0 Å². The van der Waals surface area contributed by atoms with Crippen molar-refractivity contribution in [2.24, 2.45) is 0 Å². The summed E-state index contributed by atoms with van der Waals surface area (Å²) in [5, 5.41) is 0. The number of hydrogen-bond acceptors (Lipinski definition) is 3. The molecular weight excluding hydrogens is 166 g/mol. The highest BCUT2D eigenvalue weighted by Crippen LogP contribution is 2.24. The zero-order valence-corrected chi connectivity index (χ0v) is 7.20. The Morgan fingerprint density at radius 2 is 1.92 bits per heavy atom. The van der Waals surface area contributed by atoms with Crippen LogP contribution < -0.4 is 5.48 Å². The number of hydroxylamine groups is 1. The smallest absolute Gasteiger partial charge is 0.188 e. The lowest BCUT2D eigenvalue weighted by Gasteiger charge is -2.04. The molecule has 2 rings (SSSR count). The highest BCUT2D eigenvalue weighted by atomic mass is 16.6. The van der Waals surface area contributed by atoms with Crippen LogP contribution in [-0.4, -0.2) is 12.9 Å². The van der Waals surface area contributed by atoms with E-state index >= 15 is 0 Å². The number of hydrogen-bond donors (Lipinski definition) is 1. The van der Waals surface area contributed by atoms with E-state index in [4.69, 9.17) is 4.84 Å². The predicted octanol–water partition coefficient (Wildman–Crippen LogP) is 1.37. The van der Waals surface area contributed by atoms with E-state index in [1.807, 2.05) is 18.2 Å². The first kappa shape index (κ1) is 8.01. The molecule has 1 aromatic carbocycles. The van der Waals surface area contributed by atoms with Crippen LogP contribution in [0, 0.1) is 0 Å². The number of benzene rings is 1. The summed E-state index contributed by atoms with van der Waals surface area (Å²) in [6.07, 6.45) is 1.54. The van der Waals surface area contributed by atoms with Crippen molar-refractivity contribution in [1.82, 2.24) is 5.48 Å². The quantitative estimate of drug-likeness (QED) is 0.690. The average Bonchev–Trinajstić information content (AvgIpc) is 2.46. The first-order valence-corrected chi connectivity index (χ1v) is 3.97. The molecule has 13 heavy (non-hydrogen) atoms. The van der Waals surface area contributed by atoms with Crippen LogP contribution >= 0.6 is 0 Å². The summed E-state index contributed by atoms with van der Waals surface area (Å²) in [4.78, 5) is 16.1. The number of carbonyl (C=O) groups is 1. The van der Waals surface area contributed by atoms with Crippen LogP contribution in [0.15, 0.2) is 30.3 Å².